The quantitative estimate of drug-likeness (QED) is 0.676. The first-order valence-electron chi connectivity index (χ1n) is 5.14. The fourth-order valence-corrected chi connectivity index (χ4v) is 4.09. The van der Waals surface area contributed by atoms with Gasteiger partial charge in [-0.3, -0.25) is 0 Å². The maximum absolute atomic E-state index is 5.80. The zero-order valence-electron chi connectivity index (χ0n) is 7.99. The van der Waals surface area contributed by atoms with Crippen LogP contribution in [0.5, 0.6) is 0 Å². The van der Waals surface area contributed by atoms with Crippen LogP contribution in [0.25, 0.3) is 0 Å². The highest BCUT2D eigenvalue weighted by atomic mass is 32.2. The Hall–Kier alpha value is 0.270. The Morgan fingerprint density at radius 2 is 2.15 bits per heavy atom. The molecule has 1 spiro atoms. The molecule has 0 amide bonds. The molecule has 13 heavy (non-hydrogen) atoms. The highest BCUT2D eigenvalue weighted by molar-refractivity contribution is 7.98. The van der Waals surface area contributed by atoms with Crippen molar-refractivity contribution in [1.29, 1.82) is 0 Å². The van der Waals surface area contributed by atoms with Gasteiger partial charge in [-0.25, -0.2) is 0 Å². The van der Waals surface area contributed by atoms with E-state index in [9.17, 15) is 0 Å². The summed E-state index contributed by atoms with van der Waals surface area (Å²) in [4.78, 5) is 0. The van der Waals surface area contributed by atoms with Gasteiger partial charge in [0.15, 0.2) is 5.79 Å². The van der Waals surface area contributed by atoms with Crippen LogP contribution < -0.4 is 0 Å². The number of ether oxygens (including phenoxy) is 2. The SMILES string of the molecule is CSC[C@@H]1[C@@H]2CCC3(OCCO3)[C@H]12. The van der Waals surface area contributed by atoms with Gasteiger partial charge in [0.1, 0.15) is 0 Å². The van der Waals surface area contributed by atoms with Crippen LogP contribution in [0.4, 0.5) is 0 Å². The molecule has 0 unspecified atom stereocenters. The van der Waals surface area contributed by atoms with Gasteiger partial charge < -0.3 is 9.47 Å². The van der Waals surface area contributed by atoms with Gasteiger partial charge in [0.2, 0.25) is 0 Å². The summed E-state index contributed by atoms with van der Waals surface area (Å²) >= 11 is 1.96. The normalized spacial score (nSPS) is 45.5. The second-order valence-corrected chi connectivity index (χ2v) is 5.27. The van der Waals surface area contributed by atoms with E-state index in [2.05, 4.69) is 6.26 Å². The van der Waals surface area contributed by atoms with E-state index < -0.39 is 0 Å². The fraction of sp³-hybridized carbons (Fsp3) is 1.00. The maximum Gasteiger partial charge on any atom is 0.171 e. The van der Waals surface area contributed by atoms with E-state index >= 15 is 0 Å². The lowest BCUT2D eigenvalue weighted by atomic mass is 10.1. The van der Waals surface area contributed by atoms with Gasteiger partial charge in [0.05, 0.1) is 13.2 Å². The van der Waals surface area contributed by atoms with Crippen LogP contribution in [-0.4, -0.2) is 31.0 Å². The minimum Gasteiger partial charge on any atom is -0.347 e. The molecule has 0 radical (unpaired) electrons. The Balaban J connectivity index is 1.72. The first-order chi connectivity index (χ1) is 6.37. The predicted octanol–water partition coefficient (Wildman–Crippen LogP) is 1.75. The molecular formula is C10H16O2S. The van der Waals surface area contributed by atoms with Crippen LogP contribution in [0.15, 0.2) is 0 Å². The molecule has 3 heteroatoms. The molecule has 1 saturated heterocycles. The van der Waals surface area contributed by atoms with Gasteiger partial charge in [0.25, 0.3) is 0 Å². The molecule has 1 heterocycles. The van der Waals surface area contributed by atoms with Crippen LogP contribution in [0.3, 0.4) is 0 Å². The molecule has 0 aromatic carbocycles. The van der Waals surface area contributed by atoms with E-state index in [-0.39, 0.29) is 5.79 Å². The molecule has 0 aromatic rings. The number of thioether (sulfide) groups is 1. The molecule has 3 atom stereocenters. The van der Waals surface area contributed by atoms with Crippen LogP contribution in [0, 0.1) is 17.8 Å². The summed E-state index contributed by atoms with van der Waals surface area (Å²) < 4.78 is 11.6. The van der Waals surface area contributed by atoms with E-state index in [0.717, 1.165) is 37.4 Å². The minimum atomic E-state index is -0.120. The third-order valence-corrected chi connectivity index (χ3v) is 4.52. The monoisotopic (exact) mass is 200 g/mol. The number of hydrogen-bond acceptors (Lipinski definition) is 3. The summed E-state index contributed by atoms with van der Waals surface area (Å²) in [5.41, 5.74) is 0. The molecule has 3 aliphatic rings. The fourth-order valence-electron chi connectivity index (χ4n) is 3.25. The van der Waals surface area contributed by atoms with E-state index in [0.29, 0.717) is 0 Å². The zero-order chi connectivity index (χ0) is 8.89. The second kappa shape index (κ2) is 2.88. The molecule has 0 N–H and O–H groups in total. The molecule has 0 bridgehead atoms. The van der Waals surface area contributed by atoms with Crippen molar-refractivity contribution in [2.45, 2.75) is 18.6 Å². The summed E-state index contributed by atoms with van der Waals surface area (Å²) in [7, 11) is 0. The maximum atomic E-state index is 5.80. The Kier molecular flexibility index (Phi) is 1.90. The van der Waals surface area contributed by atoms with Crippen LogP contribution >= 0.6 is 11.8 Å². The molecule has 2 aliphatic carbocycles. The third kappa shape index (κ3) is 1.10. The highest BCUT2D eigenvalue weighted by Gasteiger charge is 2.67. The van der Waals surface area contributed by atoms with E-state index in [1.165, 1.54) is 12.2 Å². The smallest absolute Gasteiger partial charge is 0.171 e. The lowest BCUT2D eigenvalue weighted by molar-refractivity contribution is -0.170. The summed E-state index contributed by atoms with van der Waals surface area (Å²) in [5.74, 6) is 3.73. The van der Waals surface area contributed by atoms with Crippen molar-refractivity contribution in [1.82, 2.24) is 0 Å². The van der Waals surface area contributed by atoms with Crippen molar-refractivity contribution in [2.75, 3.05) is 25.2 Å². The highest BCUT2D eigenvalue weighted by Crippen LogP contribution is 2.65. The van der Waals surface area contributed by atoms with Gasteiger partial charge in [-0.15, -0.1) is 0 Å². The standard InChI is InChI=1S/C10H16O2S/c1-13-6-8-7-2-3-10(9(7)8)11-4-5-12-10/h7-9H,2-6H2,1H3/t7-,8+,9-/m0/s1. The topological polar surface area (TPSA) is 18.5 Å². The number of fused-ring (bicyclic) bond motifs is 2. The van der Waals surface area contributed by atoms with E-state index in [1.54, 1.807) is 0 Å². The van der Waals surface area contributed by atoms with Crippen molar-refractivity contribution in [3.8, 4) is 0 Å². The molecule has 1 aliphatic heterocycles. The Labute approximate surface area is 83.4 Å². The lowest BCUT2D eigenvalue weighted by Crippen LogP contribution is -2.31. The van der Waals surface area contributed by atoms with Gasteiger partial charge in [0, 0.05) is 12.3 Å². The van der Waals surface area contributed by atoms with Gasteiger partial charge >= 0.3 is 0 Å². The molecule has 2 nitrogen and oxygen atoms in total. The summed E-state index contributed by atoms with van der Waals surface area (Å²) in [6.45, 7) is 1.63. The predicted molar refractivity (Wildman–Crippen MR) is 52.7 cm³/mol. The second-order valence-electron chi connectivity index (χ2n) is 4.36. The minimum absolute atomic E-state index is 0.120. The van der Waals surface area contributed by atoms with Gasteiger partial charge in [-0.1, -0.05) is 0 Å². The molecule has 3 fully saturated rings. The average molecular weight is 200 g/mol. The average Bonchev–Trinajstić information content (AvgIpc) is 2.57. The summed E-state index contributed by atoms with van der Waals surface area (Å²) in [5, 5.41) is 0. The Morgan fingerprint density at radius 1 is 1.38 bits per heavy atom. The van der Waals surface area contributed by atoms with E-state index in [1.807, 2.05) is 11.8 Å². The Bertz CT molecular complexity index is 207. The van der Waals surface area contributed by atoms with Crippen molar-refractivity contribution in [3.63, 3.8) is 0 Å². The van der Waals surface area contributed by atoms with Crippen LogP contribution in [0.1, 0.15) is 12.8 Å². The molecule has 0 aromatic heterocycles. The van der Waals surface area contributed by atoms with Crippen molar-refractivity contribution in [3.05, 3.63) is 0 Å². The lowest BCUT2D eigenvalue weighted by Gasteiger charge is -2.24. The first-order valence-corrected chi connectivity index (χ1v) is 6.54. The number of rotatable bonds is 2. The molecule has 74 valence electrons. The summed E-state index contributed by atoms with van der Waals surface area (Å²) in [6, 6.07) is 0. The zero-order valence-corrected chi connectivity index (χ0v) is 8.81. The van der Waals surface area contributed by atoms with Crippen molar-refractivity contribution in [2.24, 2.45) is 17.8 Å². The van der Waals surface area contributed by atoms with Crippen LogP contribution in [-0.2, 0) is 9.47 Å². The summed E-state index contributed by atoms with van der Waals surface area (Å²) in [6.07, 6.45) is 4.67. The third-order valence-electron chi connectivity index (χ3n) is 3.80. The Morgan fingerprint density at radius 3 is 2.85 bits per heavy atom. The van der Waals surface area contributed by atoms with Crippen LogP contribution in [0.2, 0.25) is 0 Å². The molecular weight excluding hydrogens is 184 g/mol. The first kappa shape index (κ1) is 8.57. The molecule has 3 rings (SSSR count). The van der Waals surface area contributed by atoms with Gasteiger partial charge in [-0.2, -0.15) is 11.8 Å². The number of hydrogen-bond donors (Lipinski definition) is 0. The van der Waals surface area contributed by atoms with Crippen molar-refractivity contribution < 1.29 is 9.47 Å². The van der Waals surface area contributed by atoms with Crippen molar-refractivity contribution >= 4 is 11.8 Å². The molecule has 2 saturated carbocycles. The largest absolute Gasteiger partial charge is 0.347 e. The van der Waals surface area contributed by atoms with Gasteiger partial charge in [-0.05, 0) is 30.3 Å². The van der Waals surface area contributed by atoms with E-state index in [4.69, 9.17) is 9.47 Å².